The maximum Gasteiger partial charge on any atom is 0.407 e. The standard InChI is InChI=1S/C24H30N6O5S2/c1-3-18-15-36-22(27-18)21(14-17-9-11-19(12-10-17)30(26)37(33)34)29(25)23(31)20(28-24(32)35-2)13-16-7-5-4-6-8-16/h4-12,15,20-21H,3,13-14,25-26H2,1-2H3,(H,28,32)(H,33,34)/t20-,21-/m0/s1. The highest BCUT2D eigenvalue weighted by Crippen LogP contribution is 2.28. The van der Waals surface area contributed by atoms with E-state index in [0.717, 1.165) is 32.7 Å². The van der Waals surface area contributed by atoms with E-state index in [1.165, 1.54) is 18.4 Å². The summed E-state index contributed by atoms with van der Waals surface area (Å²) in [5, 5.41) is 6.26. The van der Waals surface area contributed by atoms with E-state index in [-0.39, 0.29) is 6.42 Å². The Kier molecular flexibility index (Phi) is 10.1. The van der Waals surface area contributed by atoms with Crippen LogP contribution in [0.1, 0.15) is 34.8 Å². The number of anilines is 1. The van der Waals surface area contributed by atoms with Crippen molar-refractivity contribution in [3.05, 3.63) is 81.8 Å². The summed E-state index contributed by atoms with van der Waals surface area (Å²) < 4.78 is 25.9. The van der Waals surface area contributed by atoms with Crippen LogP contribution in [-0.2, 0) is 40.1 Å². The maximum absolute atomic E-state index is 13.6. The zero-order chi connectivity index (χ0) is 26.9. The summed E-state index contributed by atoms with van der Waals surface area (Å²) >= 11 is -0.969. The number of hydrogen-bond acceptors (Lipinski definition) is 8. The summed E-state index contributed by atoms with van der Waals surface area (Å²) in [5.74, 6) is 11.5. The van der Waals surface area contributed by atoms with Crippen LogP contribution in [0.5, 0.6) is 0 Å². The number of rotatable bonds is 11. The smallest absolute Gasteiger partial charge is 0.407 e. The van der Waals surface area contributed by atoms with Crippen LogP contribution in [0.4, 0.5) is 10.5 Å². The van der Waals surface area contributed by atoms with E-state index in [2.05, 4.69) is 10.3 Å². The fraction of sp³-hybridized carbons (Fsp3) is 0.292. The largest absolute Gasteiger partial charge is 0.453 e. The number of benzene rings is 2. The van der Waals surface area contributed by atoms with Gasteiger partial charge < -0.3 is 10.1 Å². The first-order valence-corrected chi connectivity index (χ1v) is 13.3. The Morgan fingerprint density at radius 1 is 1.11 bits per heavy atom. The summed E-state index contributed by atoms with van der Waals surface area (Å²) in [6, 6.07) is 14.3. The molecule has 3 rings (SSSR count). The molecule has 0 spiro atoms. The van der Waals surface area contributed by atoms with Gasteiger partial charge in [-0.05, 0) is 29.7 Å². The van der Waals surface area contributed by atoms with Crippen LogP contribution >= 0.6 is 11.3 Å². The van der Waals surface area contributed by atoms with Gasteiger partial charge in [0.05, 0.1) is 18.5 Å². The predicted molar refractivity (Wildman–Crippen MR) is 142 cm³/mol. The average Bonchev–Trinajstić information content (AvgIpc) is 3.40. The van der Waals surface area contributed by atoms with Crippen molar-refractivity contribution < 1.29 is 23.1 Å². The van der Waals surface area contributed by atoms with E-state index in [9.17, 15) is 18.4 Å². The van der Waals surface area contributed by atoms with Gasteiger partial charge in [-0.2, -0.15) is 0 Å². The Morgan fingerprint density at radius 2 is 1.76 bits per heavy atom. The molecule has 198 valence electrons. The number of nitrogens with two attached hydrogens (primary N) is 2. The van der Waals surface area contributed by atoms with Crippen LogP contribution in [0, 0.1) is 0 Å². The maximum atomic E-state index is 13.6. The molecule has 1 unspecified atom stereocenters. The van der Waals surface area contributed by atoms with Crippen LogP contribution in [-0.4, -0.2) is 43.9 Å². The number of nitrogens with one attached hydrogen (secondary N) is 1. The second kappa shape index (κ2) is 13.3. The van der Waals surface area contributed by atoms with Crippen molar-refractivity contribution in [3.8, 4) is 0 Å². The third-order valence-corrected chi connectivity index (χ3v) is 7.20. The lowest BCUT2D eigenvalue weighted by Gasteiger charge is -2.30. The highest BCUT2D eigenvalue weighted by atomic mass is 32.2. The lowest BCUT2D eigenvalue weighted by atomic mass is 10.0. The first-order valence-electron chi connectivity index (χ1n) is 11.4. The Hall–Kier alpha value is -3.36. The lowest BCUT2D eigenvalue weighted by Crippen LogP contribution is -2.53. The van der Waals surface area contributed by atoms with Crippen molar-refractivity contribution in [2.75, 3.05) is 11.5 Å². The quantitative estimate of drug-likeness (QED) is 0.123. The van der Waals surface area contributed by atoms with Crippen LogP contribution < -0.4 is 21.4 Å². The number of carbonyl (C=O) groups excluding carboxylic acids is 2. The molecule has 37 heavy (non-hydrogen) atoms. The summed E-state index contributed by atoms with van der Waals surface area (Å²) in [4.78, 5) is 30.3. The van der Waals surface area contributed by atoms with Gasteiger partial charge in [-0.1, -0.05) is 49.4 Å². The summed E-state index contributed by atoms with van der Waals surface area (Å²) in [5.41, 5.74) is 2.85. The minimum atomic E-state index is -2.36. The molecule has 0 bridgehead atoms. The van der Waals surface area contributed by atoms with Gasteiger partial charge in [0, 0.05) is 18.2 Å². The zero-order valence-electron chi connectivity index (χ0n) is 20.4. The van der Waals surface area contributed by atoms with Gasteiger partial charge in [-0.3, -0.25) is 14.4 Å². The van der Waals surface area contributed by atoms with Gasteiger partial charge in [0.15, 0.2) is 0 Å². The van der Waals surface area contributed by atoms with Crippen LogP contribution in [0.3, 0.4) is 0 Å². The van der Waals surface area contributed by atoms with Crippen LogP contribution in [0.15, 0.2) is 60.0 Å². The molecule has 0 saturated carbocycles. The molecule has 6 N–H and O–H groups in total. The number of hydrazine groups is 2. The molecule has 0 aliphatic rings. The van der Waals surface area contributed by atoms with Crippen molar-refractivity contribution in [2.24, 2.45) is 11.7 Å². The van der Waals surface area contributed by atoms with Crippen molar-refractivity contribution in [2.45, 2.75) is 38.3 Å². The normalized spacial score (nSPS) is 13.3. The van der Waals surface area contributed by atoms with Gasteiger partial charge >= 0.3 is 6.09 Å². The molecule has 2 aromatic carbocycles. The molecular weight excluding hydrogens is 516 g/mol. The van der Waals surface area contributed by atoms with Crippen molar-refractivity contribution in [3.63, 3.8) is 0 Å². The highest BCUT2D eigenvalue weighted by Gasteiger charge is 2.32. The van der Waals surface area contributed by atoms with Crippen molar-refractivity contribution in [1.29, 1.82) is 0 Å². The van der Waals surface area contributed by atoms with Gasteiger partial charge in [-0.15, -0.1) is 11.3 Å². The number of aryl methyl sites for hydroxylation is 1. The van der Waals surface area contributed by atoms with E-state index in [1.54, 1.807) is 24.3 Å². The third-order valence-electron chi connectivity index (χ3n) is 5.65. The summed E-state index contributed by atoms with van der Waals surface area (Å²) in [6.45, 7) is 1.98. The molecule has 0 radical (unpaired) electrons. The Labute approximate surface area is 221 Å². The van der Waals surface area contributed by atoms with Crippen LogP contribution in [0.2, 0.25) is 0 Å². The minimum absolute atomic E-state index is 0.215. The summed E-state index contributed by atoms with van der Waals surface area (Å²) in [7, 11) is 1.22. The molecule has 1 aromatic heterocycles. The number of aromatic nitrogens is 1. The van der Waals surface area contributed by atoms with Crippen molar-refractivity contribution in [1.82, 2.24) is 15.3 Å². The second-order valence-electron chi connectivity index (χ2n) is 8.10. The molecule has 0 saturated heterocycles. The highest BCUT2D eigenvalue weighted by molar-refractivity contribution is 7.80. The number of nitrogens with zero attached hydrogens (tertiary/aromatic N) is 3. The molecule has 13 heteroatoms. The Morgan fingerprint density at radius 3 is 2.32 bits per heavy atom. The van der Waals surface area contributed by atoms with E-state index >= 15 is 0 Å². The first-order chi connectivity index (χ1) is 17.7. The van der Waals surface area contributed by atoms with E-state index in [0.29, 0.717) is 17.1 Å². The number of amides is 2. The number of alkyl carbamates (subject to hydrolysis) is 1. The fourth-order valence-electron chi connectivity index (χ4n) is 3.62. The third kappa shape index (κ3) is 7.57. The summed E-state index contributed by atoms with van der Waals surface area (Å²) in [6.07, 6.45) is 0.501. The molecule has 11 nitrogen and oxygen atoms in total. The monoisotopic (exact) mass is 546 g/mol. The Bertz CT molecular complexity index is 1210. The van der Waals surface area contributed by atoms with Gasteiger partial charge in [-0.25, -0.2) is 30.1 Å². The van der Waals surface area contributed by atoms with E-state index < -0.39 is 35.4 Å². The van der Waals surface area contributed by atoms with Crippen LogP contribution in [0.25, 0.3) is 0 Å². The topological polar surface area (TPSA) is 164 Å². The molecule has 2 amide bonds. The minimum Gasteiger partial charge on any atom is -0.453 e. The lowest BCUT2D eigenvalue weighted by molar-refractivity contribution is -0.136. The molecule has 1 heterocycles. The molecule has 0 fully saturated rings. The average molecular weight is 547 g/mol. The van der Waals surface area contributed by atoms with Gasteiger partial charge in [0.25, 0.3) is 17.2 Å². The second-order valence-corrected chi connectivity index (χ2v) is 9.84. The number of carbonyl (C=O) groups is 2. The first kappa shape index (κ1) is 28.2. The molecule has 0 aliphatic heterocycles. The number of hydrogen-bond donors (Lipinski definition) is 4. The zero-order valence-corrected chi connectivity index (χ0v) is 22.1. The van der Waals surface area contributed by atoms with E-state index in [1.807, 2.05) is 42.6 Å². The van der Waals surface area contributed by atoms with Gasteiger partial charge in [0.1, 0.15) is 17.1 Å². The Balaban J connectivity index is 1.90. The molecule has 3 atom stereocenters. The predicted octanol–water partition coefficient (Wildman–Crippen LogP) is 2.48. The molecule has 0 aliphatic carbocycles. The van der Waals surface area contributed by atoms with Gasteiger partial charge in [0.2, 0.25) is 0 Å². The SMILES string of the molecule is CCc1csc([C@H](Cc2ccc(N(N)S(=O)O)cc2)N(N)C(=O)[C@H](Cc2ccccc2)NC(=O)OC)n1. The number of thiazole rings is 1. The molecule has 3 aromatic rings. The van der Waals surface area contributed by atoms with E-state index in [4.69, 9.17) is 16.4 Å². The number of methoxy groups -OCH3 is 1. The fourth-order valence-corrected chi connectivity index (χ4v) is 4.92. The number of ether oxygens (including phenoxy) is 1. The molecular formula is C24H30N6O5S2. The van der Waals surface area contributed by atoms with Crippen molar-refractivity contribution >= 4 is 40.3 Å².